The van der Waals surface area contributed by atoms with E-state index >= 15 is 0 Å². The third kappa shape index (κ3) is 1.25. The topological polar surface area (TPSA) is 28.7 Å². The molecule has 1 aromatic heterocycles. The Morgan fingerprint density at radius 3 is 3.00 bits per heavy atom. The number of hydrogen-bond acceptors (Lipinski definition) is 1. The van der Waals surface area contributed by atoms with Crippen LogP contribution < -0.4 is 0 Å². The maximum absolute atomic E-state index is 4.23. The van der Waals surface area contributed by atoms with Crippen molar-refractivity contribution in [3.63, 3.8) is 0 Å². The molecule has 2 aromatic rings. The number of aromatic amines is 1. The molecule has 0 saturated carbocycles. The zero-order valence-corrected chi connectivity index (χ0v) is 8.13. The first kappa shape index (κ1) is 7.80. The van der Waals surface area contributed by atoms with Gasteiger partial charge in [0, 0.05) is 17.1 Å². The number of halogens is 1. The average Bonchev–Trinajstić information content (AvgIpc) is 2.50. The summed E-state index contributed by atoms with van der Waals surface area (Å²) in [5, 5.41) is 9.43. The molecular formula is C9H9BrN2. The van der Waals surface area contributed by atoms with Crippen LogP contribution in [0.3, 0.4) is 0 Å². The quantitative estimate of drug-likeness (QED) is 0.781. The van der Waals surface area contributed by atoms with E-state index in [2.05, 4.69) is 32.2 Å². The van der Waals surface area contributed by atoms with Crippen molar-refractivity contribution in [2.45, 2.75) is 6.42 Å². The Kier molecular flexibility index (Phi) is 2.13. The second kappa shape index (κ2) is 3.27. The van der Waals surface area contributed by atoms with E-state index in [0.717, 1.165) is 23.0 Å². The molecule has 0 spiro atoms. The van der Waals surface area contributed by atoms with Crippen molar-refractivity contribution in [3.05, 3.63) is 30.0 Å². The van der Waals surface area contributed by atoms with Crippen LogP contribution in [0.1, 0.15) is 5.69 Å². The second-order valence-electron chi connectivity index (χ2n) is 2.65. The molecule has 2 nitrogen and oxygen atoms in total. The lowest BCUT2D eigenvalue weighted by Crippen LogP contribution is -1.85. The molecule has 0 radical (unpaired) electrons. The molecule has 0 aliphatic heterocycles. The van der Waals surface area contributed by atoms with Gasteiger partial charge in [0.15, 0.2) is 0 Å². The Hall–Kier alpha value is -0.830. The molecule has 62 valence electrons. The third-order valence-electron chi connectivity index (χ3n) is 1.88. The molecule has 0 aliphatic rings. The monoisotopic (exact) mass is 224 g/mol. The fraction of sp³-hybridized carbons (Fsp3) is 0.222. The van der Waals surface area contributed by atoms with Gasteiger partial charge in [0.1, 0.15) is 0 Å². The number of aryl methyl sites for hydroxylation is 1. The molecular weight excluding hydrogens is 216 g/mol. The number of rotatable bonds is 2. The van der Waals surface area contributed by atoms with Gasteiger partial charge in [0.25, 0.3) is 0 Å². The second-order valence-corrected chi connectivity index (χ2v) is 3.45. The molecule has 0 fully saturated rings. The molecule has 2 rings (SSSR count). The largest absolute Gasteiger partial charge is 0.278 e. The van der Waals surface area contributed by atoms with Crippen molar-refractivity contribution in [2.24, 2.45) is 0 Å². The summed E-state index contributed by atoms with van der Waals surface area (Å²) in [7, 11) is 0. The van der Waals surface area contributed by atoms with Gasteiger partial charge in [-0.05, 0) is 6.07 Å². The van der Waals surface area contributed by atoms with E-state index in [0.29, 0.717) is 0 Å². The fourth-order valence-corrected chi connectivity index (χ4v) is 1.68. The zero-order chi connectivity index (χ0) is 8.39. The van der Waals surface area contributed by atoms with E-state index in [1.54, 1.807) is 0 Å². The van der Waals surface area contributed by atoms with Crippen LogP contribution >= 0.6 is 15.9 Å². The van der Waals surface area contributed by atoms with Crippen molar-refractivity contribution in [1.29, 1.82) is 0 Å². The Morgan fingerprint density at radius 2 is 2.17 bits per heavy atom. The highest BCUT2D eigenvalue weighted by atomic mass is 79.9. The van der Waals surface area contributed by atoms with Crippen LogP contribution in [0, 0.1) is 0 Å². The third-order valence-corrected chi connectivity index (χ3v) is 2.28. The minimum atomic E-state index is 0.960. The summed E-state index contributed by atoms with van der Waals surface area (Å²) >= 11 is 3.40. The van der Waals surface area contributed by atoms with E-state index < -0.39 is 0 Å². The highest BCUT2D eigenvalue weighted by Crippen LogP contribution is 2.15. The van der Waals surface area contributed by atoms with Gasteiger partial charge in [-0.25, -0.2) is 0 Å². The SMILES string of the molecule is BrCCc1n[nH]c2ccccc12. The van der Waals surface area contributed by atoms with Crippen LogP contribution in [-0.4, -0.2) is 15.5 Å². The van der Waals surface area contributed by atoms with E-state index in [1.807, 2.05) is 18.2 Å². The highest BCUT2D eigenvalue weighted by Gasteiger charge is 2.02. The first-order valence-corrected chi connectivity index (χ1v) is 5.02. The van der Waals surface area contributed by atoms with Crippen molar-refractivity contribution in [3.8, 4) is 0 Å². The van der Waals surface area contributed by atoms with E-state index in [1.165, 1.54) is 5.39 Å². The number of nitrogens with one attached hydrogen (secondary N) is 1. The summed E-state index contributed by atoms with van der Waals surface area (Å²) in [6, 6.07) is 8.19. The van der Waals surface area contributed by atoms with Gasteiger partial charge in [-0.2, -0.15) is 5.10 Å². The number of aromatic nitrogens is 2. The smallest absolute Gasteiger partial charge is 0.0709 e. The predicted octanol–water partition coefficient (Wildman–Crippen LogP) is 2.50. The van der Waals surface area contributed by atoms with Gasteiger partial charge in [0.2, 0.25) is 0 Å². The molecule has 3 heteroatoms. The maximum atomic E-state index is 4.23. The molecule has 0 unspecified atom stereocenters. The van der Waals surface area contributed by atoms with E-state index in [9.17, 15) is 0 Å². The normalized spacial score (nSPS) is 10.8. The summed E-state index contributed by atoms with van der Waals surface area (Å²) in [5.41, 5.74) is 2.26. The first-order chi connectivity index (χ1) is 5.92. The molecule has 0 atom stereocenters. The number of H-pyrrole nitrogens is 1. The molecule has 0 saturated heterocycles. The van der Waals surface area contributed by atoms with Crippen molar-refractivity contribution >= 4 is 26.8 Å². The summed E-state index contributed by atoms with van der Waals surface area (Å²) in [4.78, 5) is 0. The van der Waals surface area contributed by atoms with Crippen LogP contribution in [0.5, 0.6) is 0 Å². The Bertz CT molecular complexity index is 381. The first-order valence-electron chi connectivity index (χ1n) is 3.90. The molecule has 0 bridgehead atoms. The Labute approximate surface area is 79.1 Å². The van der Waals surface area contributed by atoms with Crippen LogP contribution in [0.25, 0.3) is 10.9 Å². The van der Waals surface area contributed by atoms with Gasteiger partial charge in [0.05, 0.1) is 11.2 Å². The number of fused-ring (bicyclic) bond motifs is 1. The lowest BCUT2D eigenvalue weighted by Gasteiger charge is -1.90. The van der Waals surface area contributed by atoms with Gasteiger partial charge in [-0.15, -0.1) is 0 Å². The maximum Gasteiger partial charge on any atom is 0.0709 e. The lowest BCUT2D eigenvalue weighted by molar-refractivity contribution is 0.999. The lowest BCUT2D eigenvalue weighted by atomic mass is 10.2. The number of benzene rings is 1. The standard InChI is InChI=1S/C9H9BrN2/c10-6-5-9-7-3-1-2-4-8(7)11-12-9/h1-4H,5-6H2,(H,11,12). The highest BCUT2D eigenvalue weighted by molar-refractivity contribution is 9.09. The summed E-state index contributed by atoms with van der Waals surface area (Å²) in [6.07, 6.45) is 0.976. The average molecular weight is 225 g/mol. The van der Waals surface area contributed by atoms with E-state index in [4.69, 9.17) is 0 Å². The van der Waals surface area contributed by atoms with Crippen LogP contribution in [-0.2, 0) is 6.42 Å². The summed E-state index contributed by atoms with van der Waals surface area (Å²) in [5.74, 6) is 0. The molecule has 0 aliphatic carbocycles. The number of para-hydroxylation sites is 1. The van der Waals surface area contributed by atoms with Crippen molar-refractivity contribution in [2.75, 3.05) is 5.33 Å². The molecule has 1 N–H and O–H groups in total. The van der Waals surface area contributed by atoms with Crippen LogP contribution in [0.2, 0.25) is 0 Å². The Balaban J connectivity index is 2.55. The van der Waals surface area contributed by atoms with Gasteiger partial charge < -0.3 is 0 Å². The minimum Gasteiger partial charge on any atom is -0.278 e. The van der Waals surface area contributed by atoms with Crippen molar-refractivity contribution < 1.29 is 0 Å². The van der Waals surface area contributed by atoms with Crippen LogP contribution in [0.15, 0.2) is 24.3 Å². The molecule has 0 amide bonds. The Morgan fingerprint density at radius 1 is 1.33 bits per heavy atom. The summed E-state index contributed by atoms with van der Waals surface area (Å²) < 4.78 is 0. The van der Waals surface area contributed by atoms with E-state index in [-0.39, 0.29) is 0 Å². The van der Waals surface area contributed by atoms with Gasteiger partial charge in [-0.1, -0.05) is 34.1 Å². The zero-order valence-electron chi connectivity index (χ0n) is 6.55. The predicted molar refractivity (Wildman–Crippen MR) is 53.6 cm³/mol. The van der Waals surface area contributed by atoms with Crippen LogP contribution in [0.4, 0.5) is 0 Å². The molecule has 12 heavy (non-hydrogen) atoms. The number of nitrogens with zero attached hydrogens (tertiary/aromatic N) is 1. The summed E-state index contributed by atoms with van der Waals surface area (Å²) in [6.45, 7) is 0. The number of alkyl halides is 1. The van der Waals surface area contributed by atoms with Crippen molar-refractivity contribution in [1.82, 2.24) is 10.2 Å². The number of hydrogen-bond donors (Lipinski definition) is 1. The fourth-order valence-electron chi connectivity index (χ4n) is 1.30. The molecule has 1 aromatic carbocycles. The molecule has 1 heterocycles. The van der Waals surface area contributed by atoms with Gasteiger partial charge in [-0.3, -0.25) is 5.10 Å². The van der Waals surface area contributed by atoms with Gasteiger partial charge >= 0.3 is 0 Å². The minimum absolute atomic E-state index is 0.960.